The molecule has 0 saturated heterocycles. The first-order chi connectivity index (χ1) is 13.3. The van der Waals surface area contributed by atoms with E-state index >= 15 is 0 Å². The van der Waals surface area contributed by atoms with Gasteiger partial charge in [0.15, 0.2) is 9.84 Å². The summed E-state index contributed by atoms with van der Waals surface area (Å²) in [5.41, 5.74) is 1.87. The molecule has 5 nitrogen and oxygen atoms in total. The lowest BCUT2D eigenvalue weighted by Crippen LogP contribution is -2.05. The largest absolute Gasteiger partial charge is 0.460 e. The number of aromatic nitrogens is 1. The van der Waals surface area contributed by atoms with Crippen LogP contribution in [-0.4, -0.2) is 32.2 Å². The van der Waals surface area contributed by atoms with Crippen LogP contribution in [0.15, 0.2) is 53.4 Å². The highest BCUT2D eigenvalue weighted by Crippen LogP contribution is 2.37. The Labute approximate surface area is 166 Å². The van der Waals surface area contributed by atoms with Gasteiger partial charge in [0.05, 0.1) is 22.1 Å². The molecule has 0 unspecified atom stereocenters. The van der Waals surface area contributed by atoms with Crippen LogP contribution in [0, 0.1) is 5.82 Å². The van der Waals surface area contributed by atoms with E-state index in [1.54, 1.807) is 24.3 Å². The molecule has 3 aromatic rings. The van der Waals surface area contributed by atoms with E-state index in [-0.39, 0.29) is 15.7 Å². The summed E-state index contributed by atoms with van der Waals surface area (Å²) >= 11 is 1.15. The van der Waals surface area contributed by atoms with Gasteiger partial charge in [-0.1, -0.05) is 19.1 Å². The van der Waals surface area contributed by atoms with Crippen molar-refractivity contribution in [3.8, 4) is 21.7 Å². The quantitative estimate of drug-likeness (QED) is 0.547. The van der Waals surface area contributed by atoms with E-state index in [0.29, 0.717) is 34.7 Å². The maximum atomic E-state index is 13.3. The normalized spacial score (nSPS) is 11.4. The molecule has 0 atom stereocenters. The molecule has 0 radical (unpaired) electrons. The van der Waals surface area contributed by atoms with Gasteiger partial charge in [-0.05, 0) is 48.4 Å². The first kappa shape index (κ1) is 20.2. The van der Waals surface area contributed by atoms with Crippen molar-refractivity contribution < 1.29 is 22.3 Å². The minimum Gasteiger partial charge on any atom is -0.460 e. The molecule has 3 rings (SSSR count). The van der Waals surface area contributed by atoms with Crippen LogP contribution < -0.4 is 0 Å². The van der Waals surface area contributed by atoms with Gasteiger partial charge in [-0.25, -0.2) is 22.6 Å². The van der Waals surface area contributed by atoms with Crippen molar-refractivity contribution in [2.75, 3.05) is 12.9 Å². The van der Waals surface area contributed by atoms with Crippen LogP contribution in [0.25, 0.3) is 21.7 Å². The van der Waals surface area contributed by atoms with Gasteiger partial charge in [0.1, 0.15) is 5.82 Å². The Morgan fingerprint density at radius 3 is 2.25 bits per heavy atom. The molecule has 2 aromatic carbocycles. The van der Waals surface area contributed by atoms with E-state index in [1.165, 1.54) is 24.3 Å². The Morgan fingerprint density at radius 1 is 1.07 bits per heavy atom. The standard InChI is InChI=1S/C20H18FNO4S2/c1-3-12-26-20(23)19-22-17(13-4-8-15(21)9-5-13)18(27-19)14-6-10-16(11-7-14)28(2,24)25/h4-11H,3,12H2,1-2H3. The zero-order valence-corrected chi connectivity index (χ0v) is 16.9. The number of esters is 1. The van der Waals surface area contributed by atoms with Crippen molar-refractivity contribution in [1.82, 2.24) is 4.98 Å². The summed E-state index contributed by atoms with van der Waals surface area (Å²) in [7, 11) is -3.32. The van der Waals surface area contributed by atoms with Gasteiger partial charge < -0.3 is 4.74 Å². The fraction of sp³-hybridized carbons (Fsp3) is 0.200. The molecule has 8 heteroatoms. The number of hydrogen-bond donors (Lipinski definition) is 0. The van der Waals surface area contributed by atoms with Crippen molar-refractivity contribution in [3.05, 3.63) is 59.4 Å². The fourth-order valence-corrected chi connectivity index (χ4v) is 4.13. The number of nitrogens with zero attached hydrogens (tertiary/aromatic N) is 1. The summed E-state index contributed by atoms with van der Waals surface area (Å²) in [5.74, 6) is -0.894. The number of carbonyl (C=O) groups is 1. The summed E-state index contributed by atoms with van der Waals surface area (Å²) < 4.78 is 41.9. The molecule has 0 spiro atoms. The Balaban J connectivity index is 2.08. The number of ether oxygens (including phenoxy) is 1. The molecule has 0 aliphatic heterocycles. The number of benzene rings is 2. The molecule has 0 fully saturated rings. The van der Waals surface area contributed by atoms with Crippen molar-refractivity contribution in [2.24, 2.45) is 0 Å². The van der Waals surface area contributed by atoms with E-state index in [9.17, 15) is 17.6 Å². The molecular formula is C20H18FNO4S2. The number of halogens is 1. The fourth-order valence-electron chi connectivity index (χ4n) is 2.52. The highest BCUT2D eigenvalue weighted by atomic mass is 32.2. The number of hydrogen-bond acceptors (Lipinski definition) is 6. The second-order valence-electron chi connectivity index (χ2n) is 6.14. The number of carbonyl (C=O) groups excluding carboxylic acids is 1. The predicted octanol–water partition coefficient (Wildman–Crippen LogP) is 4.59. The van der Waals surface area contributed by atoms with Gasteiger partial charge in [0.2, 0.25) is 5.01 Å². The van der Waals surface area contributed by atoms with Crippen LogP contribution in [0.4, 0.5) is 4.39 Å². The maximum Gasteiger partial charge on any atom is 0.367 e. The second kappa shape index (κ2) is 8.20. The average Bonchev–Trinajstić information content (AvgIpc) is 3.11. The summed E-state index contributed by atoms with van der Waals surface area (Å²) in [4.78, 5) is 17.5. The number of rotatable bonds is 6. The monoisotopic (exact) mass is 419 g/mol. The van der Waals surface area contributed by atoms with Gasteiger partial charge in [-0.15, -0.1) is 11.3 Å². The summed E-state index contributed by atoms with van der Waals surface area (Å²) in [6.07, 6.45) is 1.84. The minimum atomic E-state index is -3.32. The van der Waals surface area contributed by atoms with E-state index in [2.05, 4.69) is 4.98 Å². The van der Waals surface area contributed by atoms with Crippen LogP contribution in [-0.2, 0) is 14.6 Å². The molecule has 0 aliphatic carbocycles. The Bertz CT molecular complexity index is 1090. The van der Waals surface area contributed by atoms with Crippen LogP contribution in [0.2, 0.25) is 0 Å². The Kier molecular flexibility index (Phi) is 5.90. The molecule has 0 bridgehead atoms. The van der Waals surface area contributed by atoms with E-state index in [1.807, 2.05) is 6.92 Å². The first-order valence-electron chi connectivity index (χ1n) is 8.54. The maximum absolute atomic E-state index is 13.3. The summed E-state index contributed by atoms with van der Waals surface area (Å²) in [6, 6.07) is 12.2. The molecule has 0 aliphatic rings. The molecule has 146 valence electrons. The molecule has 1 heterocycles. The van der Waals surface area contributed by atoms with E-state index in [4.69, 9.17) is 4.74 Å². The minimum absolute atomic E-state index is 0.190. The highest BCUT2D eigenvalue weighted by Gasteiger charge is 2.20. The summed E-state index contributed by atoms with van der Waals surface area (Å²) in [6.45, 7) is 2.19. The van der Waals surface area contributed by atoms with Crippen molar-refractivity contribution >= 4 is 27.1 Å². The van der Waals surface area contributed by atoms with Gasteiger partial charge in [0, 0.05) is 11.8 Å². The lowest BCUT2D eigenvalue weighted by Gasteiger charge is -2.04. The van der Waals surface area contributed by atoms with Crippen molar-refractivity contribution in [3.63, 3.8) is 0 Å². The van der Waals surface area contributed by atoms with Crippen molar-refractivity contribution in [1.29, 1.82) is 0 Å². The third kappa shape index (κ3) is 4.45. The smallest absolute Gasteiger partial charge is 0.367 e. The molecule has 1 aromatic heterocycles. The molecule has 28 heavy (non-hydrogen) atoms. The predicted molar refractivity (Wildman–Crippen MR) is 107 cm³/mol. The molecular weight excluding hydrogens is 401 g/mol. The number of sulfone groups is 1. The number of thiazole rings is 1. The Hall–Kier alpha value is -2.58. The lowest BCUT2D eigenvalue weighted by atomic mass is 10.1. The third-order valence-electron chi connectivity index (χ3n) is 3.90. The van der Waals surface area contributed by atoms with Gasteiger partial charge in [0.25, 0.3) is 0 Å². The SMILES string of the molecule is CCCOC(=O)c1nc(-c2ccc(F)cc2)c(-c2ccc(S(C)(=O)=O)cc2)s1. The van der Waals surface area contributed by atoms with E-state index in [0.717, 1.165) is 17.6 Å². The zero-order valence-electron chi connectivity index (χ0n) is 15.3. The van der Waals surface area contributed by atoms with Crippen LogP contribution in [0.3, 0.4) is 0 Å². The topological polar surface area (TPSA) is 73.3 Å². The lowest BCUT2D eigenvalue weighted by molar-refractivity contribution is 0.0505. The first-order valence-corrected chi connectivity index (χ1v) is 11.2. The molecule has 0 saturated carbocycles. The molecule has 0 amide bonds. The highest BCUT2D eigenvalue weighted by molar-refractivity contribution is 7.90. The molecule has 0 N–H and O–H groups in total. The van der Waals surface area contributed by atoms with Crippen molar-refractivity contribution in [2.45, 2.75) is 18.2 Å². The van der Waals surface area contributed by atoms with Gasteiger partial charge >= 0.3 is 5.97 Å². The van der Waals surface area contributed by atoms with E-state index < -0.39 is 15.8 Å². The van der Waals surface area contributed by atoms with Crippen LogP contribution in [0.5, 0.6) is 0 Å². The van der Waals surface area contributed by atoms with Gasteiger partial charge in [-0.2, -0.15) is 0 Å². The second-order valence-corrected chi connectivity index (χ2v) is 9.15. The average molecular weight is 419 g/mol. The van der Waals surface area contributed by atoms with Gasteiger partial charge in [-0.3, -0.25) is 0 Å². The zero-order chi connectivity index (χ0) is 20.3. The van der Waals surface area contributed by atoms with Crippen LogP contribution in [0.1, 0.15) is 23.1 Å². The van der Waals surface area contributed by atoms with Crippen LogP contribution >= 0.6 is 11.3 Å². The third-order valence-corrected chi connectivity index (χ3v) is 6.11. The summed E-state index contributed by atoms with van der Waals surface area (Å²) in [5, 5.41) is 0.190. The Morgan fingerprint density at radius 2 is 1.68 bits per heavy atom.